The van der Waals surface area contributed by atoms with Gasteiger partial charge in [-0.1, -0.05) is 60.1 Å². The van der Waals surface area contributed by atoms with E-state index in [-0.39, 0.29) is 17.9 Å². The second-order valence-electron chi connectivity index (χ2n) is 20.2. The van der Waals surface area contributed by atoms with E-state index < -0.39 is 57.4 Å². The highest BCUT2D eigenvalue weighted by atomic mass is 79.9. The molecule has 10 rings (SSSR count). The van der Waals surface area contributed by atoms with Gasteiger partial charge in [0, 0.05) is 101 Å². The van der Waals surface area contributed by atoms with Gasteiger partial charge in [0.1, 0.15) is 11.2 Å². The molecule has 360 valence electrons. The Kier molecular flexibility index (Phi) is 11.4. The lowest BCUT2D eigenvalue weighted by atomic mass is 9.47. The number of para-hydroxylation sites is 1. The number of H-pyrrole nitrogens is 1. The highest BCUT2D eigenvalue weighted by Gasteiger charge is 2.80. The van der Waals surface area contributed by atoms with Crippen molar-refractivity contribution in [1.82, 2.24) is 20.1 Å². The molecule has 1 aliphatic carbocycles. The average molecular weight is 993 g/mol. The molecule has 1 saturated carbocycles. The summed E-state index contributed by atoms with van der Waals surface area (Å²) in [5.74, 6) is -1.79. The lowest BCUT2D eigenvalue weighted by molar-refractivity contribution is -0.228. The van der Waals surface area contributed by atoms with E-state index in [2.05, 4.69) is 67.2 Å². The second kappa shape index (κ2) is 16.7. The van der Waals surface area contributed by atoms with E-state index >= 15 is 4.79 Å². The summed E-state index contributed by atoms with van der Waals surface area (Å²) in [6, 6.07) is 18.3. The first-order chi connectivity index (χ1) is 32.6. The number of nitrogens with one attached hydrogen (secondary N) is 2. The molecule has 0 radical (unpaired) electrons. The number of rotatable bonds is 9. The summed E-state index contributed by atoms with van der Waals surface area (Å²) in [7, 11) is 6.16. The van der Waals surface area contributed by atoms with Gasteiger partial charge in [0.15, 0.2) is 6.10 Å². The predicted molar refractivity (Wildman–Crippen MR) is 260 cm³/mol. The van der Waals surface area contributed by atoms with E-state index in [1.54, 1.807) is 7.11 Å². The number of carbonyl (C=O) groups is 4. The van der Waals surface area contributed by atoms with Crippen LogP contribution in [0.25, 0.3) is 10.9 Å². The minimum Gasteiger partial charge on any atom is -0.496 e. The molecule has 4 aromatic rings. The minimum absolute atomic E-state index is 0.126. The number of aromatic amines is 1. The standard InChI is InChI=1S/C53H62BrN5O9/c1-8-49(56-43(61)33-15-17-34(54)18-16-33)27-32-28-52(47(62)66-6,42-36(19-23-58(29-32)30-49)35-13-10-11-14-39(35)55-42)38-25-37-40(26-41(38)65-5)57(4)45-51(37)21-24-59-22-12-20-50(9-2,44(51)59)46(68-31(3)60)53(45,64)48(63)67-7/h10-18,20,25-26,32,44-46,55,64H,8-9,19,21-24,27-30H2,1-7H3,(H,56,61)/t32-,44+,45-,46-,49+,50-,51-,52+,53+/m1/s1. The monoisotopic (exact) mass is 991 g/mol. The molecule has 10 atom stereocenters. The van der Waals surface area contributed by atoms with E-state index in [1.807, 2.05) is 67.4 Å². The Morgan fingerprint density at radius 2 is 1.68 bits per heavy atom. The third kappa shape index (κ3) is 6.43. The smallest absolute Gasteiger partial charge is 0.344 e. The van der Waals surface area contributed by atoms with Gasteiger partial charge in [0.05, 0.1) is 32.9 Å². The van der Waals surface area contributed by atoms with Crippen LogP contribution in [-0.4, -0.2) is 134 Å². The zero-order valence-corrected chi connectivity index (χ0v) is 41.5. The average Bonchev–Trinajstić information content (AvgIpc) is 4.00. The number of esters is 3. The molecule has 1 spiro atoms. The van der Waals surface area contributed by atoms with E-state index in [0.29, 0.717) is 88.1 Å². The largest absolute Gasteiger partial charge is 0.496 e. The predicted octanol–water partition coefficient (Wildman–Crippen LogP) is 6.19. The Morgan fingerprint density at radius 1 is 0.926 bits per heavy atom. The van der Waals surface area contributed by atoms with Crippen LogP contribution in [0.2, 0.25) is 0 Å². The fourth-order valence-electron chi connectivity index (χ4n) is 14.6. The molecule has 6 aliphatic rings. The number of fused-ring (bicyclic) bond motifs is 6. The van der Waals surface area contributed by atoms with Crippen molar-refractivity contribution in [3.05, 3.63) is 105 Å². The molecule has 1 aromatic heterocycles. The van der Waals surface area contributed by atoms with Crippen LogP contribution in [-0.2, 0) is 45.8 Å². The molecular formula is C53H62BrN5O9. The molecule has 1 unspecified atom stereocenters. The molecule has 6 heterocycles. The van der Waals surface area contributed by atoms with Gasteiger partial charge in [-0.05, 0) is 98.5 Å². The molecule has 14 nitrogen and oxygen atoms in total. The van der Waals surface area contributed by atoms with Crippen LogP contribution < -0.4 is 15.0 Å². The van der Waals surface area contributed by atoms with Gasteiger partial charge in [-0.15, -0.1) is 0 Å². The van der Waals surface area contributed by atoms with Gasteiger partial charge < -0.3 is 44.2 Å². The highest BCUT2D eigenvalue weighted by molar-refractivity contribution is 9.10. The topological polar surface area (TPSA) is 163 Å². The van der Waals surface area contributed by atoms with Crippen LogP contribution in [0.15, 0.2) is 77.3 Å². The summed E-state index contributed by atoms with van der Waals surface area (Å²) in [6.07, 6.45) is 6.01. The Hall–Kier alpha value is -5.22. The van der Waals surface area contributed by atoms with E-state index in [1.165, 1.54) is 21.1 Å². The van der Waals surface area contributed by atoms with Crippen LogP contribution in [0, 0.1) is 11.3 Å². The first kappa shape index (κ1) is 46.5. The van der Waals surface area contributed by atoms with Crippen molar-refractivity contribution in [1.29, 1.82) is 0 Å². The number of piperidine rings is 1. The number of nitrogens with zero attached hydrogens (tertiary/aromatic N) is 3. The molecule has 3 aromatic carbocycles. The first-order valence-corrected chi connectivity index (χ1v) is 24.7. The molecule has 1 amide bonds. The van der Waals surface area contributed by atoms with E-state index in [9.17, 15) is 19.5 Å². The zero-order chi connectivity index (χ0) is 48.1. The van der Waals surface area contributed by atoms with Crippen LogP contribution >= 0.6 is 15.9 Å². The maximum atomic E-state index is 15.7. The maximum absolute atomic E-state index is 15.7. The van der Waals surface area contributed by atoms with Crippen molar-refractivity contribution in [2.24, 2.45) is 11.3 Å². The number of ether oxygens (including phenoxy) is 4. The van der Waals surface area contributed by atoms with Crippen molar-refractivity contribution in [2.45, 2.75) is 99.5 Å². The minimum atomic E-state index is -2.33. The van der Waals surface area contributed by atoms with Crippen LogP contribution in [0.3, 0.4) is 0 Å². The van der Waals surface area contributed by atoms with Crippen LogP contribution in [0.5, 0.6) is 5.75 Å². The number of halogens is 1. The molecule has 2 saturated heterocycles. The zero-order valence-electron chi connectivity index (χ0n) is 39.9. The number of aromatic nitrogens is 1. The normalized spacial score (nSPS) is 33.5. The summed E-state index contributed by atoms with van der Waals surface area (Å²) < 4.78 is 25.1. The van der Waals surface area contributed by atoms with Crippen molar-refractivity contribution >= 4 is 56.3 Å². The summed E-state index contributed by atoms with van der Waals surface area (Å²) in [5, 5.41) is 18.0. The van der Waals surface area contributed by atoms with Gasteiger partial charge in [0.2, 0.25) is 5.60 Å². The number of hydrogen-bond acceptors (Lipinski definition) is 12. The van der Waals surface area contributed by atoms with Crippen molar-refractivity contribution in [3.8, 4) is 5.75 Å². The Balaban J connectivity index is 1.22. The van der Waals surface area contributed by atoms with Gasteiger partial charge >= 0.3 is 17.9 Å². The molecular weight excluding hydrogens is 931 g/mol. The number of hydrogen-bond donors (Lipinski definition) is 3. The quantitative estimate of drug-likeness (QED) is 0.0993. The molecule has 68 heavy (non-hydrogen) atoms. The van der Waals surface area contributed by atoms with Crippen LogP contribution in [0.4, 0.5) is 5.69 Å². The van der Waals surface area contributed by atoms with Gasteiger partial charge in [-0.3, -0.25) is 19.3 Å². The second-order valence-corrected chi connectivity index (χ2v) is 21.1. The molecule has 3 N–H and O–H groups in total. The Morgan fingerprint density at radius 3 is 2.37 bits per heavy atom. The maximum Gasteiger partial charge on any atom is 0.344 e. The third-order valence-electron chi connectivity index (χ3n) is 17.1. The molecule has 15 heteroatoms. The van der Waals surface area contributed by atoms with E-state index in [4.69, 9.17) is 18.9 Å². The number of methoxy groups -OCH3 is 3. The number of carbonyl (C=O) groups excluding carboxylic acids is 4. The Bertz CT molecular complexity index is 2740. The summed E-state index contributed by atoms with van der Waals surface area (Å²) in [5.41, 5.74) is -0.972. The summed E-state index contributed by atoms with van der Waals surface area (Å²) >= 11 is 3.50. The van der Waals surface area contributed by atoms with Gasteiger partial charge in [0.25, 0.3) is 5.91 Å². The van der Waals surface area contributed by atoms with Gasteiger partial charge in [-0.25, -0.2) is 4.79 Å². The fraction of sp³-hybridized carbons (Fsp3) is 0.509. The third-order valence-corrected chi connectivity index (χ3v) is 17.7. The lowest BCUT2D eigenvalue weighted by Crippen LogP contribution is -2.81. The number of anilines is 1. The SMILES string of the molecule is CC[C@]1(NC(=O)c2ccc(Br)cc2)C[C@H]2CN(CCc3c([nH]c4ccccc34)[C@@](C(=O)OC)(c3cc4c(cc3OC)N(C)[C@H]3[C@@](O)(C(=O)OC)[C@H](OC(C)=O)[C@]5(CC)C=CCN6CC[C@]43[C@@H]65)C2)C1. The summed E-state index contributed by atoms with van der Waals surface area (Å²) in [4.78, 5) is 68.1. The highest BCUT2D eigenvalue weighted by Crippen LogP contribution is 2.68. The van der Waals surface area contributed by atoms with Crippen molar-refractivity contribution in [3.63, 3.8) is 0 Å². The number of likely N-dealkylation sites (N-methyl/N-ethyl adjacent to an activating group) is 1. The number of aliphatic hydroxyl groups is 1. The number of amides is 1. The van der Waals surface area contributed by atoms with Crippen LogP contribution in [0.1, 0.15) is 85.6 Å². The summed E-state index contributed by atoms with van der Waals surface area (Å²) in [6.45, 7) is 8.73. The van der Waals surface area contributed by atoms with E-state index in [0.717, 1.165) is 37.9 Å². The first-order valence-electron chi connectivity index (χ1n) is 24.0. The number of benzene rings is 3. The van der Waals surface area contributed by atoms with Crippen molar-refractivity contribution in [2.75, 3.05) is 66.0 Å². The van der Waals surface area contributed by atoms with Gasteiger partial charge in [-0.2, -0.15) is 0 Å². The molecule has 3 fully saturated rings. The van der Waals surface area contributed by atoms with Crippen molar-refractivity contribution < 1.29 is 43.2 Å². The Labute approximate surface area is 405 Å². The fourth-order valence-corrected chi connectivity index (χ4v) is 14.9. The molecule has 5 aliphatic heterocycles. The lowest BCUT2D eigenvalue weighted by Gasteiger charge is -2.63. The molecule has 2 bridgehead atoms.